The van der Waals surface area contributed by atoms with Crippen molar-refractivity contribution in [1.29, 1.82) is 0 Å². The number of amides is 1. The van der Waals surface area contributed by atoms with Gasteiger partial charge in [-0.2, -0.15) is 0 Å². The summed E-state index contributed by atoms with van der Waals surface area (Å²) in [7, 11) is 0. The fourth-order valence-corrected chi connectivity index (χ4v) is 4.50. The van der Waals surface area contributed by atoms with E-state index in [0.717, 1.165) is 76.8 Å². The lowest BCUT2D eigenvalue weighted by Crippen LogP contribution is -3.14. The Morgan fingerprint density at radius 2 is 1.93 bits per heavy atom. The van der Waals surface area contributed by atoms with E-state index in [2.05, 4.69) is 5.32 Å². The molecule has 0 spiro atoms. The highest BCUT2D eigenvalue weighted by atomic mass is 32.1. The summed E-state index contributed by atoms with van der Waals surface area (Å²) in [5.74, 6) is 0.793. The van der Waals surface area contributed by atoms with Crippen LogP contribution >= 0.6 is 12.2 Å². The molecule has 0 aromatic heterocycles. The Hall–Kier alpha value is -1.90. The molecule has 0 radical (unpaired) electrons. The van der Waals surface area contributed by atoms with E-state index in [1.807, 2.05) is 34.1 Å². The maximum absolute atomic E-state index is 13.0. The summed E-state index contributed by atoms with van der Waals surface area (Å²) in [4.78, 5) is 18.5. The number of quaternary nitrogens is 1. The molecule has 0 bridgehead atoms. The van der Waals surface area contributed by atoms with Crippen LogP contribution in [0.15, 0.2) is 24.3 Å². The number of thiocarbonyl (C=S) groups is 1. The van der Waals surface area contributed by atoms with Crippen LogP contribution in [0.4, 0.5) is 5.69 Å². The van der Waals surface area contributed by atoms with E-state index in [0.29, 0.717) is 11.7 Å². The fraction of sp³-hybridized carbons (Fsp3) is 0.619. The third kappa shape index (κ3) is 4.99. The number of likely N-dealkylation sites (tertiary alicyclic amines) is 1. The number of benzene rings is 1. The predicted molar refractivity (Wildman–Crippen MR) is 116 cm³/mol. The van der Waals surface area contributed by atoms with Gasteiger partial charge in [0, 0.05) is 13.1 Å². The van der Waals surface area contributed by atoms with Crippen molar-refractivity contribution in [2.24, 2.45) is 0 Å². The molecule has 158 valence electrons. The number of para-hydroxylation sites is 2. The highest BCUT2D eigenvalue weighted by molar-refractivity contribution is 7.80. The fourth-order valence-electron chi connectivity index (χ4n) is 4.22. The smallest absolute Gasteiger partial charge is 0.265 e. The topological polar surface area (TPSA) is 58.5 Å². The van der Waals surface area contributed by atoms with Gasteiger partial charge in [0.2, 0.25) is 0 Å². The molecular weight excluding hydrogens is 388 g/mol. The second kappa shape index (κ2) is 9.73. The highest BCUT2D eigenvalue weighted by Gasteiger charge is 2.35. The molecule has 1 aromatic carbocycles. The summed E-state index contributed by atoms with van der Waals surface area (Å²) in [6.07, 6.45) is 2.82. The number of fused-ring (bicyclic) bond motifs is 1. The number of anilines is 1. The van der Waals surface area contributed by atoms with Crippen LogP contribution in [0.3, 0.4) is 0 Å². The largest absolute Gasteiger partial charge is 0.476 e. The number of carbonyl (C=O) groups excluding carboxylic acids is 1. The Kier molecular flexibility index (Phi) is 6.84. The number of nitrogens with one attached hydrogen (secondary N) is 2. The summed E-state index contributed by atoms with van der Waals surface area (Å²) in [6, 6.07) is 7.82. The zero-order valence-corrected chi connectivity index (χ0v) is 17.7. The van der Waals surface area contributed by atoms with E-state index in [4.69, 9.17) is 21.7 Å². The molecule has 0 unspecified atom stereocenters. The Labute approximate surface area is 177 Å². The Morgan fingerprint density at radius 1 is 1.17 bits per heavy atom. The number of piperidine rings is 1. The van der Waals surface area contributed by atoms with Crippen LogP contribution in [0.25, 0.3) is 0 Å². The summed E-state index contributed by atoms with van der Waals surface area (Å²) < 4.78 is 11.5. The van der Waals surface area contributed by atoms with Gasteiger partial charge in [-0.3, -0.25) is 4.79 Å². The van der Waals surface area contributed by atoms with Crippen molar-refractivity contribution in [1.82, 2.24) is 10.2 Å². The molecule has 1 atom stereocenters. The molecule has 1 aromatic rings. The molecule has 8 heteroatoms. The van der Waals surface area contributed by atoms with Gasteiger partial charge in [-0.25, -0.2) is 0 Å². The molecule has 1 amide bonds. The molecule has 29 heavy (non-hydrogen) atoms. The number of carbonyl (C=O) groups is 1. The lowest BCUT2D eigenvalue weighted by molar-refractivity contribution is -0.906. The number of hydrogen-bond acceptors (Lipinski definition) is 4. The van der Waals surface area contributed by atoms with Crippen LogP contribution < -0.4 is 19.9 Å². The molecule has 0 aliphatic carbocycles. The Bertz CT molecular complexity index is 720. The molecule has 2 N–H and O–H groups in total. The molecule has 2 fully saturated rings. The molecule has 7 nitrogen and oxygen atoms in total. The van der Waals surface area contributed by atoms with Gasteiger partial charge in [0.05, 0.1) is 38.5 Å². The van der Waals surface area contributed by atoms with Gasteiger partial charge in [-0.1, -0.05) is 12.1 Å². The van der Waals surface area contributed by atoms with Gasteiger partial charge in [-0.05, 0) is 43.6 Å². The third-order valence-electron chi connectivity index (χ3n) is 5.92. The number of ether oxygens (including phenoxy) is 2. The molecule has 3 aliphatic heterocycles. The molecule has 4 rings (SSSR count). The lowest BCUT2D eigenvalue weighted by atomic mass is 10.1. The maximum Gasteiger partial charge on any atom is 0.265 e. The summed E-state index contributed by atoms with van der Waals surface area (Å²) >= 11 is 5.71. The van der Waals surface area contributed by atoms with E-state index in [1.165, 1.54) is 11.3 Å². The van der Waals surface area contributed by atoms with Gasteiger partial charge in [0.1, 0.15) is 18.8 Å². The standard InChI is InChI=1S/C21H30N4O3S/c26-20(24-9-4-1-5-10-24)19-16-25(17-6-2-3-7-18(17)28-19)21(29)22-8-11-23-12-14-27-15-13-23/h2-3,6-7,19H,1,4-5,8-16H2,(H,22,29)/p+1/t19-/m1/s1. The Morgan fingerprint density at radius 3 is 2.72 bits per heavy atom. The average molecular weight is 420 g/mol. The van der Waals surface area contributed by atoms with Gasteiger partial charge >= 0.3 is 0 Å². The first-order chi connectivity index (χ1) is 14.2. The predicted octanol–water partition coefficient (Wildman–Crippen LogP) is 0.0561. The SMILES string of the molecule is O=C([C@H]1CN(C(=S)NCC[NH+]2CCOCC2)c2ccccc2O1)N1CCCCC1. The summed E-state index contributed by atoms with van der Waals surface area (Å²) in [6.45, 7) is 7.65. The molecule has 3 aliphatic rings. The third-order valence-corrected chi connectivity index (χ3v) is 6.28. The average Bonchev–Trinajstić information content (AvgIpc) is 2.79. The first-order valence-corrected chi connectivity index (χ1v) is 11.1. The first-order valence-electron chi connectivity index (χ1n) is 10.7. The number of nitrogens with zero attached hydrogens (tertiary/aromatic N) is 2. The minimum atomic E-state index is -0.521. The van der Waals surface area contributed by atoms with Crippen LogP contribution in [0.2, 0.25) is 0 Å². The number of hydrogen-bond donors (Lipinski definition) is 2. The first kappa shape index (κ1) is 20.4. The van der Waals surface area contributed by atoms with Gasteiger partial charge in [0.15, 0.2) is 11.2 Å². The summed E-state index contributed by atoms with van der Waals surface area (Å²) in [5.41, 5.74) is 0.923. The molecule has 0 saturated carbocycles. The number of rotatable bonds is 4. The van der Waals surface area contributed by atoms with Crippen molar-refractivity contribution < 1.29 is 19.2 Å². The highest BCUT2D eigenvalue weighted by Crippen LogP contribution is 2.33. The van der Waals surface area contributed by atoms with Crippen molar-refractivity contribution in [2.75, 3.05) is 63.9 Å². The minimum Gasteiger partial charge on any atom is -0.476 e. The van der Waals surface area contributed by atoms with Crippen molar-refractivity contribution in [3.63, 3.8) is 0 Å². The lowest BCUT2D eigenvalue weighted by Gasteiger charge is -2.38. The van der Waals surface area contributed by atoms with E-state index < -0.39 is 6.10 Å². The van der Waals surface area contributed by atoms with E-state index in [9.17, 15) is 4.79 Å². The van der Waals surface area contributed by atoms with Crippen LogP contribution in [0.5, 0.6) is 5.75 Å². The minimum absolute atomic E-state index is 0.0739. The maximum atomic E-state index is 13.0. The van der Waals surface area contributed by atoms with Crippen molar-refractivity contribution in [3.05, 3.63) is 24.3 Å². The van der Waals surface area contributed by atoms with Crippen molar-refractivity contribution >= 4 is 28.9 Å². The molecule has 3 heterocycles. The van der Waals surface area contributed by atoms with Gasteiger partial charge < -0.3 is 29.5 Å². The zero-order chi connectivity index (χ0) is 20.1. The van der Waals surface area contributed by atoms with Crippen molar-refractivity contribution in [2.45, 2.75) is 25.4 Å². The van der Waals surface area contributed by atoms with E-state index >= 15 is 0 Å². The normalized spacial score (nSPS) is 22.6. The Balaban J connectivity index is 1.40. The zero-order valence-electron chi connectivity index (χ0n) is 16.9. The van der Waals surface area contributed by atoms with Crippen molar-refractivity contribution in [3.8, 4) is 5.75 Å². The van der Waals surface area contributed by atoms with Crippen LogP contribution in [-0.2, 0) is 9.53 Å². The van der Waals surface area contributed by atoms with Gasteiger partial charge in [0.25, 0.3) is 5.91 Å². The van der Waals surface area contributed by atoms with E-state index in [-0.39, 0.29) is 5.91 Å². The van der Waals surface area contributed by atoms with E-state index in [1.54, 1.807) is 0 Å². The van der Waals surface area contributed by atoms with Crippen LogP contribution in [0.1, 0.15) is 19.3 Å². The summed E-state index contributed by atoms with van der Waals surface area (Å²) in [5, 5.41) is 4.05. The molecular formula is C21H31N4O3S+. The quantitative estimate of drug-likeness (QED) is 0.673. The second-order valence-electron chi connectivity index (χ2n) is 7.92. The monoisotopic (exact) mass is 419 g/mol. The van der Waals surface area contributed by atoms with Crippen LogP contribution in [0, 0.1) is 0 Å². The van der Waals surface area contributed by atoms with Gasteiger partial charge in [-0.15, -0.1) is 0 Å². The molecule has 2 saturated heterocycles. The second-order valence-corrected chi connectivity index (χ2v) is 8.30. The van der Waals surface area contributed by atoms with Crippen LogP contribution in [-0.4, -0.2) is 81.1 Å². The number of morpholine rings is 1.